The number of rotatable bonds is 4. The molecule has 1 aliphatic rings. The molecule has 1 atom stereocenters. The first-order valence-corrected chi connectivity index (χ1v) is 8.59. The number of alkyl halides is 1. The van der Waals surface area contributed by atoms with Gasteiger partial charge in [-0.2, -0.15) is 0 Å². The first kappa shape index (κ1) is 16.3. The van der Waals surface area contributed by atoms with E-state index in [2.05, 4.69) is 22.9 Å². The van der Waals surface area contributed by atoms with E-state index in [1.54, 1.807) is 0 Å². The quantitative estimate of drug-likeness (QED) is 0.762. The van der Waals surface area contributed by atoms with Crippen molar-refractivity contribution in [3.8, 4) is 5.75 Å². The van der Waals surface area contributed by atoms with E-state index in [0.29, 0.717) is 10.7 Å². The second-order valence-electron chi connectivity index (χ2n) is 6.00. The van der Waals surface area contributed by atoms with Crippen molar-refractivity contribution in [2.45, 2.75) is 44.5 Å². The zero-order valence-corrected chi connectivity index (χ0v) is 14.6. The van der Waals surface area contributed by atoms with Crippen LogP contribution in [-0.4, -0.2) is 34.8 Å². The summed E-state index contributed by atoms with van der Waals surface area (Å²) >= 11 is 3.65. The Morgan fingerprint density at radius 1 is 1.19 bits per heavy atom. The number of halogens is 1. The molecule has 0 aliphatic carbocycles. The fraction of sp³-hybridized carbons (Fsp3) is 0.588. The topological polar surface area (TPSA) is 29.5 Å². The highest BCUT2D eigenvalue weighted by Crippen LogP contribution is 2.26. The van der Waals surface area contributed by atoms with E-state index in [-0.39, 0.29) is 12.0 Å². The third-order valence-electron chi connectivity index (χ3n) is 3.95. The number of ether oxygens (including phenoxy) is 1. The van der Waals surface area contributed by atoms with Crippen LogP contribution in [0.3, 0.4) is 0 Å². The highest BCUT2D eigenvalue weighted by atomic mass is 79.9. The Morgan fingerprint density at radius 2 is 1.76 bits per heavy atom. The summed E-state index contributed by atoms with van der Waals surface area (Å²) in [5.74, 6) is 1.62. The van der Waals surface area contributed by atoms with E-state index in [1.807, 2.05) is 43.0 Å². The third-order valence-corrected chi connectivity index (χ3v) is 4.70. The summed E-state index contributed by atoms with van der Waals surface area (Å²) in [5, 5.41) is 0. The lowest BCUT2D eigenvalue weighted by Gasteiger charge is -2.33. The van der Waals surface area contributed by atoms with Crippen LogP contribution in [0.4, 0.5) is 0 Å². The average Bonchev–Trinajstić information content (AvgIpc) is 2.47. The Hall–Kier alpha value is -1.03. The molecule has 0 aromatic heterocycles. The number of benzene rings is 1. The predicted molar refractivity (Wildman–Crippen MR) is 89.2 cm³/mol. The van der Waals surface area contributed by atoms with Gasteiger partial charge in [0.15, 0.2) is 0 Å². The Kier molecular flexibility index (Phi) is 5.68. The molecule has 1 saturated heterocycles. The molecule has 1 fully saturated rings. The number of carbonyl (C=O) groups is 1. The Labute approximate surface area is 135 Å². The summed E-state index contributed by atoms with van der Waals surface area (Å²) in [5.41, 5.74) is 0.747. The van der Waals surface area contributed by atoms with Crippen molar-refractivity contribution in [3.63, 3.8) is 0 Å². The highest BCUT2D eigenvalue weighted by molar-refractivity contribution is 9.09. The van der Waals surface area contributed by atoms with Crippen LogP contribution in [-0.2, 0) is 0 Å². The van der Waals surface area contributed by atoms with Gasteiger partial charge in [0.2, 0.25) is 0 Å². The van der Waals surface area contributed by atoms with Gasteiger partial charge in [0.25, 0.3) is 5.91 Å². The molecule has 1 aliphatic heterocycles. The predicted octanol–water partition coefficient (Wildman–Crippen LogP) is 4.11. The van der Waals surface area contributed by atoms with Crippen LogP contribution in [0, 0.1) is 5.92 Å². The van der Waals surface area contributed by atoms with Crippen molar-refractivity contribution < 1.29 is 9.53 Å². The molecule has 21 heavy (non-hydrogen) atoms. The lowest BCUT2D eigenvalue weighted by atomic mass is 9.94. The molecule has 2 rings (SSSR count). The molecule has 0 radical (unpaired) electrons. The molecule has 4 heteroatoms. The summed E-state index contributed by atoms with van der Waals surface area (Å²) in [6.45, 7) is 7.88. The van der Waals surface area contributed by atoms with Gasteiger partial charge in [-0.3, -0.25) is 4.79 Å². The standard InChI is InChI=1S/C17H24BrNO2/c1-12(2)21-16-6-4-15(5-7-16)17(20)19-10-8-14(9-11-19)13(3)18/h4-7,12-14H,8-11H2,1-3H3. The number of piperidine rings is 1. The third kappa shape index (κ3) is 4.47. The van der Waals surface area contributed by atoms with Gasteiger partial charge in [0.05, 0.1) is 6.10 Å². The van der Waals surface area contributed by atoms with E-state index in [9.17, 15) is 4.79 Å². The van der Waals surface area contributed by atoms with Crippen molar-refractivity contribution in [1.29, 1.82) is 0 Å². The monoisotopic (exact) mass is 353 g/mol. The molecule has 0 spiro atoms. The van der Waals surface area contributed by atoms with Gasteiger partial charge in [-0.05, 0) is 56.9 Å². The Balaban J connectivity index is 1.94. The summed E-state index contributed by atoms with van der Waals surface area (Å²) in [4.78, 5) is 15.0. The van der Waals surface area contributed by atoms with E-state index < -0.39 is 0 Å². The van der Waals surface area contributed by atoms with E-state index >= 15 is 0 Å². The van der Waals surface area contributed by atoms with Crippen molar-refractivity contribution in [1.82, 2.24) is 4.90 Å². The minimum absolute atomic E-state index is 0.131. The summed E-state index contributed by atoms with van der Waals surface area (Å²) in [6, 6.07) is 7.47. The van der Waals surface area contributed by atoms with Gasteiger partial charge in [-0.15, -0.1) is 0 Å². The van der Waals surface area contributed by atoms with Crippen LogP contribution in [0.5, 0.6) is 5.75 Å². The van der Waals surface area contributed by atoms with Crippen LogP contribution in [0.1, 0.15) is 44.0 Å². The molecule has 0 bridgehead atoms. The van der Waals surface area contributed by atoms with Gasteiger partial charge < -0.3 is 9.64 Å². The molecule has 1 unspecified atom stereocenters. The molecule has 1 amide bonds. The molecular weight excluding hydrogens is 330 g/mol. The van der Waals surface area contributed by atoms with Crippen LogP contribution in [0.25, 0.3) is 0 Å². The number of carbonyl (C=O) groups excluding carboxylic acids is 1. The fourth-order valence-corrected chi connectivity index (χ4v) is 3.22. The molecule has 3 nitrogen and oxygen atoms in total. The van der Waals surface area contributed by atoms with Gasteiger partial charge >= 0.3 is 0 Å². The van der Waals surface area contributed by atoms with Crippen molar-refractivity contribution in [2.75, 3.05) is 13.1 Å². The molecule has 0 saturated carbocycles. The molecule has 1 aromatic rings. The smallest absolute Gasteiger partial charge is 0.253 e. The average molecular weight is 354 g/mol. The van der Waals surface area contributed by atoms with Gasteiger partial charge in [-0.25, -0.2) is 0 Å². The van der Waals surface area contributed by atoms with Crippen LogP contribution >= 0.6 is 15.9 Å². The van der Waals surface area contributed by atoms with Crippen LogP contribution < -0.4 is 4.74 Å². The minimum atomic E-state index is 0.131. The lowest BCUT2D eigenvalue weighted by molar-refractivity contribution is 0.0691. The molecule has 0 N–H and O–H groups in total. The molecule has 1 aromatic carbocycles. The maximum Gasteiger partial charge on any atom is 0.253 e. The normalized spacial score (nSPS) is 17.9. The number of amides is 1. The summed E-state index contributed by atoms with van der Waals surface area (Å²) in [7, 11) is 0. The van der Waals surface area contributed by atoms with Crippen LogP contribution in [0.15, 0.2) is 24.3 Å². The van der Waals surface area contributed by atoms with E-state index in [1.165, 1.54) is 0 Å². The summed E-state index contributed by atoms with van der Waals surface area (Å²) < 4.78 is 5.60. The van der Waals surface area contributed by atoms with Gasteiger partial charge in [0, 0.05) is 23.5 Å². The van der Waals surface area contributed by atoms with E-state index in [4.69, 9.17) is 4.74 Å². The number of hydrogen-bond acceptors (Lipinski definition) is 2. The highest BCUT2D eigenvalue weighted by Gasteiger charge is 2.25. The Morgan fingerprint density at radius 3 is 2.24 bits per heavy atom. The lowest BCUT2D eigenvalue weighted by Crippen LogP contribution is -2.39. The van der Waals surface area contributed by atoms with Crippen LogP contribution in [0.2, 0.25) is 0 Å². The first-order chi connectivity index (χ1) is 9.97. The second kappa shape index (κ2) is 7.30. The number of likely N-dealkylation sites (tertiary alicyclic amines) is 1. The van der Waals surface area contributed by atoms with Gasteiger partial charge in [0.1, 0.15) is 5.75 Å². The second-order valence-corrected chi connectivity index (χ2v) is 7.44. The first-order valence-electron chi connectivity index (χ1n) is 7.67. The van der Waals surface area contributed by atoms with E-state index in [0.717, 1.165) is 37.2 Å². The maximum atomic E-state index is 12.5. The zero-order valence-electron chi connectivity index (χ0n) is 13.0. The zero-order chi connectivity index (χ0) is 15.4. The van der Waals surface area contributed by atoms with Gasteiger partial charge in [-0.1, -0.05) is 22.9 Å². The largest absolute Gasteiger partial charge is 0.491 e. The molecule has 1 heterocycles. The number of nitrogens with zero attached hydrogens (tertiary/aromatic N) is 1. The van der Waals surface area contributed by atoms with Crippen molar-refractivity contribution in [2.24, 2.45) is 5.92 Å². The SMILES string of the molecule is CC(C)Oc1ccc(C(=O)N2CCC(C(C)Br)CC2)cc1. The molecule has 116 valence electrons. The minimum Gasteiger partial charge on any atom is -0.491 e. The van der Waals surface area contributed by atoms with Crippen molar-refractivity contribution >= 4 is 21.8 Å². The maximum absolute atomic E-state index is 12.5. The fourth-order valence-electron chi connectivity index (χ4n) is 2.69. The molecular formula is C17H24BrNO2. The van der Waals surface area contributed by atoms with Crippen molar-refractivity contribution in [3.05, 3.63) is 29.8 Å². The summed E-state index contributed by atoms with van der Waals surface area (Å²) in [6.07, 6.45) is 2.30. The Bertz CT molecular complexity index is 462. The number of hydrogen-bond donors (Lipinski definition) is 0.